The number of quaternary nitrogens is 1. The van der Waals surface area contributed by atoms with E-state index in [9.17, 15) is 0 Å². The van der Waals surface area contributed by atoms with E-state index in [1.54, 1.807) is 0 Å². The van der Waals surface area contributed by atoms with E-state index in [4.69, 9.17) is 0 Å². The zero-order valence-corrected chi connectivity index (χ0v) is 8.83. The summed E-state index contributed by atoms with van der Waals surface area (Å²) in [6.07, 6.45) is 1.10. The molecule has 0 bridgehead atoms. The molecule has 1 aromatic carbocycles. The van der Waals surface area contributed by atoms with Crippen LogP contribution in [-0.2, 0) is 0 Å². The lowest BCUT2D eigenvalue weighted by atomic mass is 9.69. The number of benzene rings is 1. The molecule has 1 aromatic rings. The molecule has 2 radical (unpaired) electrons. The van der Waals surface area contributed by atoms with Crippen LogP contribution in [0.3, 0.4) is 0 Å². The molecule has 0 aliphatic rings. The lowest BCUT2D eigenvalue weighted by Gasteiger charge is -2.35. The zero-order chi connectivity index (χ0) is 9.73. The maximum atomic E-state index is 2.30. The van der Waals surface area contributed by atoms with Gasteiger partial charge in [0.25, 0.3) is 0 Å². The lowest BCUT2D eigenvalue weighted by molar-refractivity contribution is -0.877. The Morgan fingerprint density at radius 1 is 1.15 bits per heavy atom. The van der Waals surface area contributed by atoms with Crippen molar-refractivity contribution in [3.05, 3.63) is 30.3 Å². The molecule has 0 N–H and O–H groups in total. The van der Waals surface area contributed by atoms with E-state index < -0.39 is 0 Å². The van der Waals surface area contributed by atoms with Gasteiger partial charge in [-0.3, -0.25) is 5.46 Å². The van der Waals surface area contributed by atoms with E-state index in [2.05, 4.69) is 58.6 Å². The third-order valence-corrected chi connectivity index (χ3v) is 2.48. The van der Waals surface area contributed by atoms with Crippen molar-refractivity contribution in [1.82, 2.24) is 0 Å². The van der Waals surface area contributed by atoms with E-state index in [0.29, 0.717) is 0 Å². The van der Waals surface area contributed by atoms with Crippen LogP contribution < -0.4 is 5.46 Å². The first kappa shape index (κ1) is 10.3. The first-order valence-corrected chi connectivity index (χ1v) is 4.84. The molecule has 0 unspecified atom stereocenters. The standard InChI is InChI=1S/C11H18BN/c1-4-13(2,3)10-12-11-8-6-5-7-9-11/h5-9H,4,10H2,1-3H3. The van der Waals surface area contributed by atoms with Gasteiger partial charge in [-0.05, 0) is 6.92 Å². The number of rotatable bonds is 4. The van der Waals surface area contributed by atoms with E-state index in [-0.39, 0.29) is 0 Å². The van der Waals surface area contributed by atoms with Gasteiger partial charge in [0.1, 0.15) is 0 Å². The van der Waals surface area contributed by atoms with Gasteiger partial charge in [-0.25, -0.2) is 7.28 Å². The summed E-state index contributed by atoms with van der Waals surface area (Å²) < 4.78 is 1.05. The van der Waals surface area contributed by atoms with E-state index in [1.165, 1.54) is 12.0 Å². The second-order valence-corrected chi connectivity index (χ2v) is 4.05. The van der Waals surface area contributed by atoms with Gasteiger partial charge in [0.15, 0.2) is 0 Å². The summed E-state index contributed by atoms with van der Waals surface area (Å²) in [5.74, 6) is 0. The van der Waals surface area contributed by atoms with E-state index >= 15 is 0 Å². The van der Waals surface area contributed by atoms with Crippen LogP contribution in [-0.4, -0.2) is 38.8 Å². The fourth-order valence-corrected chi connectivity index (χ4v) is 1.07. The molecule has 0 amide bonds. The smallest absolute Gasteiger partial charge is 0.0727 e. The van der Waals surface area contributed by atoms with Gasteiger partial charge in [0.2, 0.25) is 0 Å². The molecule has 0 saturated heterocycles. The highest BCUT2D eigenvalue weighted by atomic mass is 15.3. The molecular formula is C11H18BN. The quantitative estimate of drug-likeness (QED) is 0.474. The molecule has 0 aromatic heterocycles. The highest BCUT2D eigenvalue weighted by Crippen LogP contribution is 1.93. The van der Waals surface area contributed by atoms with Crippen molar-refractivity contribution in [2.45, 2.75) is 6.92 Å². The molecule has 70 valence electrons. The van der Waals surface area contributed by atoms with Gasteiger partial charge >= 0.3 is 0 Å². The summed E-state index contributed by atoms with van der Waals surface area (Å²) in [5.41, 5.74) is 1.32. The second kappa shape index (κ2) is 4.47. The van der Waals surface area contributed by atoms with Crippen molar-refractivity contribution in [3.63, 3.8) is 0 Å². The minimum Gasteiger partial charge on any atom is -0.364 e. The lowest BCUT2D eigenvalue weighted by Crippen LogP contribution is -2.45. The Balaban J connectivity index is 2.44. The van der Waals surface area contributed by atoms with Gasteiger partial charge in [-0.1, -0.05) is 18.2 Å². The molecular weight excluding hydrogens is 157 g/mol. The topological polar surface area (TPSA) is 0 Å². The molecule has 0 saturated carbocycles. The van der Waals surface area contributed by atoms with Crippen LogP contribution in [0.15, 0.2) is 30.3 Å². The maximum Gasteiger partial charge on any atom is 0.0727 e. The Labute approximate surface area is 82.2 Å². The number of nitrogens with zero attached hydrogens (tertiary/aromatic N) is 1. The van der Waals surface area contributed by atoms with Crippen LogP contribution in [0.1, 0.15) is 6.92 Å². The predicted molar refractivity (Wildman–Crippen MR) is 59.3 cm³/mol. The second-order valence-electron chi connectivity index (χ2n) is 4.05. The minimum atomic E-state index is 1.05. The maximum absolute atomic E-state index is 2.30. The largest absolute Gasteiger partial charge is 0.364 e. The third-order valence-electron chi connectivity index (χ3n) is 2.48. The van der Waals surface area contributed by atoms with Crippen LogP contribution in [0.5, 0.6) is 0 Å². The van der Waals surface area contributed by atoms with Crippen molar-refractivity contribution in [1.29, 1.82) is 0 Å². The first-order chi connectivity index (χ1) is 6.14. The Bertz CT molecular complexity index is 244. The Morgan fingerprint density at radius 3 is 2.31 bits per heavy atom. The SMILES string of the molecule is CC[N+](C)(C)C[B-]c1ccccc1. The number of hydrogen-bond donors (Lipinski definition) is 0. The molecule has 1 rings (SSSR count). The molecule has 0 atom stereocenters. The minimum absolute atomic E-state index is 1.05. The summed E-state index contributed by atoms with van der Waals surface area (Å²) in [4.78, 5) is 0. The van der Waals surface area contributed by atoms with Gasteiger partial charge in [-0.15, -0.1) is 18.6 Å². The molecule has 0 aliphatic heterocycles. The summed E-state index contributed by atoms with van der Waals surface area (Å²) in [7, 11) is 6.79. The molecule has 0 fully saturated rings. The summed E-state index contributed by atoms with van der Waals surface area (Å²) in [6, 6.07) is 10.5. The summed E-state index contributed by atoms with van der Waals surface area (Å²) in [5, 5.41) is 0. The molecule has 0 heterocycles. The molecule has 0 aliphatic carbocycles. The monoisotopic (exact) mass is 175 g/mol. The van der Waals surface area contributed by atoms with Crippen molar-refractivity contribution in [2.75, 3.05) is 27.1 Å². The Hall–Kier alpha value is -0.755. The predicted octanol–water partition coefficient (Wildman–Crippen LogP) is 1.07. The molecule has 13 heavy (non-hydrogen) atoms. The van der Waals surface area contributed by atoms with Crippen molar-refractivity contribution in [2.24, 2.45) is 0 Å². The molecule has 1 nitrogen and oxygen atoms in total. The van der Waals surface area contributed by atoms with Gasteiger partial charge in [-0.2, -0.15) is 0 Å². The van der Waals surface area contributed by atoms with Crippen LogP contribution in [0.4, 0.5) is 0 Å². The van der Waals surface area contributed by atoms with Crippen molar-refractivity contribution in [3.8, 4) is 0 Å². The number of hydrogen-bond acceptors (Lipinski definition) is 0. The highest BCUT2D eigenvalue weighted by molar-refractivity contribution is 6.53. The van der Waals surface area contributed by atoms with Crippen LogP contribution in [0.25, 0.3) is 0 Å². The zero-order valence-electron chi connectivity index (χ0n) is 8.83. The van der Waals surface area contributed by atoms with Gasteiger partial charge in [0.05, 0.1) is 20.6 Å². The van der Waals surface area contributed by atoms with Crippen molar-refractivity contribution < 1.29 is 4.48 Å². The van der Waals surface area contributed by atoms with E-state index in [1.807, 2.05) is 0 Å². The van der Waals surface area contributed by atoms with Crippen LogP contribution in [0, 0.1) is 0 Å². The average molecular weight is 175 g/mol. The molecule has 2 heteroatoms. The normalized spacial score (nSPS) is 11.6. The van der Waals surface area contributed by atoms with Crippen LogP contribution in [0.2, 0.25) is 0 Å². The average Bonchev–Trinajstić information content (AvgIpc) is 2.17. The van der Waals surface area contributed by atoms with Gasteiger partial charge < -0.3 is 4.48 Å². The Kier molecular flexibility index (Phi) is 3.55. The fraction of sp³-hybridized carbons (Fsp3) is 0.455. The third kappa shape index (κ3) is 3.64. The highest BCUT2D eigenvalue weighted by Gasteiger charge is 2.02. The Morgan fingerprint density at radius 2 is 1.77 bits per heavy atom. The first-order valence-electron chi connectivity index (χ1n) is 4.84. The molecule has 0 spiro atoms. The fourth-order valence-electron chi connectivity index (χ4n) is 1.07. The van der Waals surface area contributed by atoms with Crippen LogP contribution >= 0.6 is 0 Å². The summed E-state index contributed by atoms with van der Waals surface area (Å²) in [6.45, 7) is 3.39. The summed E-state index contributed by atoms with van der Waals surface area (Å²) >= 11 is 0. The van der Waals surface area contributed by atoms with E-state index in [0.717, 1.165) is 10.9 Å². The van der Waals surface area contributed by atoms with Crippen molar-refractivity contribution >= 4 is 12.7 Å². The van der Waals surface area contributed by atoms with Gasteiger partial charge in [0, 0.05) is 0 Å².